The predicted molar refractivity (Wildman–Crippen MR) is 79.1 cm³/mol. The molecule has 1 N–H and O–H groups in total. The van der Waals surface area contributed by atoms with Gasteiger partial charge in [0, 0.05) is 12.0 Å². The van der Waals surface area contributed by atoms with Gasteiger partial charge in [0.2, 0.25) is 0 Å². The molecule has 0 aliphatic heterocycles. The summed E-state index contributed by atoms with van der Waals surface area (Å²) in [5.41, 5.74) is 2.41. The molecule has 0 bridgehead atoms. The fraction of sp³-hybridized carbons (Fsp3) is 0.294. The largest absolute Gasteiger partial charge is 0.396 e. The second kappa shape index (κ2) is 6.50. The second-order valence-corrected chi connectivity index (χ2v) is 5.02. The Morgan fingerprint density at radius 3 is 1.74 bits per heavy atom. The molecule has 0 heterocycles. The molecule has 100 valence electrons. The first-order chi connectivity index (χ1) is 9.24. The van der Waals surface area contributed by atoms with Gasteiger partial charge in [0.1, 0.15) is 0 Å². The summed E-state index contributed by atoms with van der Waals surface area (Å²) in [4.78, 5) is 2.17. The Bertz CT molecular complexity index is 481. The van der Waals surface area contributed by atoms with Crippen LogP contribution in [-0.2, 0) is 0 Å². The number of hydrogen-bond donors (Lipinski definition) is 1. The van der Waals surface area contributed by atoms with Crippen molar-refractivity contribution in [1.82, 2.24) is 4.90 Å². The highest BCUT2D eigenvalue weighted by Crippen LogP contribution is 2.33. The van der Waals surface area contributed by atoms with E-state index in [1.165, 1.54) is 11.1 Å². The highest BCUT2D eigenvalue weighted by Gasteiger charge is 2.25. The lowest BCUT2D eigenvalue weighted by atomic mass is 9.87. The van der Waals surface area contributed by atoms with E-state index in [1.54, 1.807) is 0 Å². The van der Waals surface area contributed by atoms with Crippen molar-refractivity contribution in [3.05, 3.63) is 71.8 Å². The smallest absolute Gasteiger partial charge is 0.0518 e. The molecule has 2 aromatic rings. The van der Waals surface area contributed by atoms with Crippen LogP contribution in [0.3, 0.4) is 0 Å². The first-order valence-electron chi connectivity index (χ1n) is 6.61. The van der Waals surface area contributed by atoms with Crippen LogP contribution in [0.15, 0.2) is 60.7 Å². The van der Waals surface area contributed by atoms with Gasteiger partial charge in [0.15, 0.2) is 0 Å². The summed E-state index contributed by atoms with van der Waals surface area (Å²) >= 11 is 0. The summed E-state index contributed by atoms with van der Waals surface area (Å²) in [5.74, 6) is 0.0820. The van der Waals surface area contributed by atoms with Crippen LogP contribution >= 0.6 is 0 Å². The molecule has 2 nitrogen and oxygen atoms in total. The highest BCUT2D eigenvalue weighted by molar-refractivity contribution is 5.28. The van der Waals surface area contributed by atoms with Gasteiger partial charge in [-0.15, -0.1) is 0 Å². The van der Waals surface area contributed by atoms with Crippen LogP contribution in [0, 0.1) is 0 Å². The first kappa shape index (κ1) is 13.8. The minimum atomic E-state index is 0.0820. The Morgan fingerprint density at radius 1 is 0.842 bits per heavy atom. The van der Waals surface area contributed by atoms with Crippen LogP contribution in [-0.4, -0.2) is 30.7 Å². The normalized spacial score (nSPS) is 14.3. The minimum Gasteiger partial charge on any atom is -0.396 e. The summed E-state index contributed by atoms with van der Waals surface area (Å²) in [7, 11) is 4.12. The van der Waals surface area contributed by atoms with Crippen LogP contribution < -0.4 is 0 Å². The van der Waals surface area contributed by atoms with E-state index in [1.807, 2.05) is 36.4 Å². The number of hydrogen-bond acceptors (Lipinski definition) is 2. The van der Waals surface area contributed by atoms with Crippen molar-refractivity contribution >= 4 is 0 Å². The quantitative estimate of drug-likeness (QED) is 0.887. The topological polar surface area (TPSA) is 23.5 Å². The van der Waals surface area contributed by atoms with E-state index in [0.29, 0.717) is 0 Å². The van der Waals surface area contributed by atoms with E-state index in [9.17, 15) is 5.11 Å². The van der Waals surface area contributed by atoms with Crippen molar-refractivity contribution in [3.8, 4) is 0 Å². The Labute approximate surface area is 115 Å². The lowest BCUT2D eigenvalue weighted by molar-refractivity contribution is 0.179. The number of nitrogens with zero attached hydrogens (tertiary/aromatic N) is 1. The number of aliphatic hydroxyl groups is 1. The highest BCUT2D eigenvalue weighted by atomic mass is 16.3. The monoisotopic (exact) mass is 255 g/mol. The fourth-order valence-corrected chi connectivity index (χ4v) is 2.63. The third-order valence-corrected chi connectivity index (χ3v) is 3.50. The van der Waals surface area contributed by atoms with Gasteiger partial charge < -0.3 is 10.0 Å². The van der Waals surface area contributed by atoms with Crippen molar-refractivity contribution in [2.45, 2.75) is 12.0 Å². The van der Waals surface area contributed by atoms with Gasteiger partial charge in [-0.2, -0.15) is 0 Å². The van der Waals surface area contributed by atoms with Gasteiger partial charge >= 0.3 is 0 Å². The molecule has 2 unspecified atom stereocenters. The van der Waals surface area contributed by atoms with Crippen LogP contribution in [0.2, 0.25) is 0 Å². The Morgan fingerprint density at radius 2 is 1.32 bits per heavy atom. The van der Waals surface area contributed by atoms with Gasteiger partial charge in [-0.3, -0.25) is 0 Å². The van der Waals surface area contributed by atoms with Crippen molar-refractivity contribution in [3.63, 3.8) is 0 Å². The molecule has 0 aliphatic carbocycles. The molecule has 0 amide bonds. The molecule has 0 saturated carbocycles. The lowest BCUT2D eigenvalue weighted by Gasteiger charge is -2.32. The van der Waals surface area contributed by atoms with Crippen molar-refractivity contribution in [2.24, 2.45) is 0 Å². The Kier molecular flexibility index (Phi) is 4.72. The number of rotatable bonds is 5. The van der Waals surface area contributed by atoms with E-state index in [-0.39, 0.29) is 18.6 Å². The molecule has 19 heavy (non-hydrogen) atoms. The van der Waals surface area contributed by atoms with E-state index in [2.05, 4.69) is 43.3 Å². The van der Waals surface area contributed by atoms with Crippen LogP contribution in [0.1, 0.15) is 23.1 Å². The molecule has 2 heteroatoms. The van der Waals surface area contributed by atoms with Gasteiger partial charge in [-0.25, -0.2) is 0 Å². The third-order valence-electron chi connectivity index (χ3n) is 3.50. The third kappa shape index (κ3) is 3.22. The van der Waals surface area contributed by atoms with E-state index >= 15 is 0 Å². The molecule has 0 spiro atoms. The average Bonchev–Trinajstić information content (AvgIpc) is 2.46. The minimum absolute atomic E-state index is 0.0820. The number of likely N-dealkylation sites (N-methyl/N-ethyl adjacent to an activating group) is 1. The van der Waals surface area contributed by atoms with Crippen molar-refractivity contribution < 1.29 is 5.11 Å². The fourth-order valence-electron chi connectivity index (χ4n) is 2.63. The number of benzene rings is 2. The molecule has 0 fully saturated rings. The lowest BCUT2D eigenvalue weighted by Crippen LogP contribution is -2.28. The van der Waals surface area contributed by atoms with Crippen molar-refractivity contribution in [2.75, 3.05) is 20.7 Å². The van der Waals surface area contributed by atoms with Crippen LogP contribution in [0.5, 0.6) is 0 Å². The summed E-state index contributed by atoms with van der Waals surface area (Å²) < 4.78 is 0. The van der Waals surface area contributed by atoms with Gasteiger partial charge in [-0.05, 0) is 25.2 Å². The summed E-state index contributed by atoms with van der Waals surface area (Å²) in [5, 5.41) is 9.83. The van der Waals surface area contributed by atoms with Gasteiger partial charge in [-0.1, -0.05) is 60.7 Å². The van der Waals surface area contributed by atoms with E-state index < -0.39 is 0 Å². The standard InChI is InChI=1S/C17H21NO/c1-18(2)17(15-11-7-4-8-12-15)16(13-19)14-9-5-3-6-10-14/h3-12,16-17,19H,13H2,1-2H3. The molecule has 0 aliphatic rings. The van der Waals surface area contributed by atoms with Crippen LogP contribution in [0.25, 0.3) is 0 Å². The summed E-state index contributed by atoms with van der Waals surface area (Å²) in [6.45, 7) is 0.141. The molecule has 2 rings (SSSR count). The maximum absolute atomic E-state index is 9.83. The van der Waals surface area contributed by atoms with E-state index in [4.69, 9.17) is 0 Å². The molecule has 0 saturated heterocycles. The summed E-state index contributed by atoms with van der Waals surface area (Å²) in [6.07, 6.45) is 0. The maximum atomic E-state index is 9.83. The average molecular weight is 255 g/mol. The Balaban J connectivity index is 2.38. The maximum Gasteiger partial charge on any atom is 0.0518 e. The van der Waals surface area contributed by atoms with Crippen LogP contribution in [0.4, 0.5) is 0 Å². The zero-order chi connectivity index (χ0) is 13.7. The van der Waals surface area contributed by atoms with Crippen molar-refractivity contribution in [1.29, 1.82) is 0 Å². The zero-order valence-corrected chi connectivity index (χ0v) is 11.5. The molecule has 2 atom stereocenters. The molecular formula is C17H21NO. The SMILES string of the molecule is CN(C)C(c1ccccc1)C(CO)c1ccccc1. The molecule has 0 radical (unpaired) electrons. The molecule has 0 aromatic heterocycles. The van der Waals surface area contributed by atoms with Gasteiger partial charge in [0.25, 0.3) is 0 Å². The van der Waals surface area contributed by atoms with Gasteiger partial charge in [0.05, 0.1) is 6.61 Å². The second-order valence-electron chi connectivity index (χ2n) is 5.02. The summed E-state index contributed by atoms with van der Waals surface area (Å²) in [6, 6.07) is 20.8. The molecule has 2 aromatic carbocycles. The molecular weight excluding hydrogens is 234 g/mol. The Hall–Kier alpha value is -1.64. The zero-order valence-electron chi connectivity index (χ0n) is 11.5. The number of aliphatic hydroxyl groups excluding tert-OH is 1. The first-order valence-corrected chi connectivity index (χ1v) is 6.61. The van der Waals surface area contributed by atoms with E-state index in [0.717, 1.165) is 0 Å². The predicted octanol–water partition coefficient (Wildman–Crippen LogP) is 3.07.